The van der Waals surface area contributed by atoms with Crippen LogP contribution in [0.25, 0.3) is 0 Å². The number of rotatable bonds is 3. The van der Waals surface area contributed by atoms with Gasteiger partial charge in [-0.25, -0.2) is 4.98 Å². The molecular weight excluding hydrogens is 212 g/mol. The Kier molecular flexibility index (Phi) is 3.67. The Balaban J connectivity index is 2.09. The maximum atomic E-state index is 10.7. The van der Waals surface area contributed by atoms with Gasteiger partial charge in [0.1, 0.15) is 5.82 Å². The van der Waals surface area contributed by atoms with Crippen LogP contribution in [0.4, 0.5) is 5.82 Å². The minimum atomic E-state index is -0.573. The SMILES string of the molecule is CCC1CCCC(O)(Cc2cccnc2N)C1. The first-order chi connectivity index (χ1) is 8.13. The summed E-state index contributed by atoms with van der Waals surface area (Å²) in [7, 11) is 0. The zero-order valence-electron chi connectivity index (χ0n) is 10.5. The number of aliphatic hydroxyl groups is 1. The second-order valence-electron chi connectivity index (χ2n) is 5.32. The van der Waals surface area contributed by atoms with Gasteiger partial charge in [-0.3, -0.25) is 0 Å². The Morgan fingerprint density at radius 3 is 3.12 bits per heavy atom. The van der Waals surface area contributed by atoms with Gasteiger partial charge in [0.2, 0.25) is 0 Å². The maximum Gasteiger partial charge on any atom is 0.126 e. The second-order valence-corrected chi connectivity index (χ2v) is 5.32. The van der Waals surface area contributed by atoms with Crippen LogP contribution < -0.4 is 5.73 Å². The zero-order valence-corrected chi connectivity index (χ0v) is 10.5. The molecule has 3 heteroatoms. The lowest BCUT2D eigenvalue weighted by molar-refractivity contribution is -0.0161. The molecule has 1 fully saturated rings. The van der Waals surface area contributed by atoms with Gasteiger partial charge in [0.15, 0.2) is 0 Å². The standard InChI is InChI=1S/C14H22N2O/c1-2-11-5-3-7-14(17,9-11)10-12-6-4-8-16-13(12)15/h4,6,8,11,17H,2-3,5,7,9-10H2,1H3,(H2,15,16). The smallest absolute Gasteiger partial charge is 0.126 e. The summed E-state index contributed by atoms with van der Waals surface area (Å²) in [6.45, 7) is 2.20. The van der Waals surface area contributed by atoms with Crippen LogP contribution in [0.5, 0.6) is 0 Å². The molecule has 1 aromatic heterocycles. The van der Waals surface area contributed by atoms with Crippen molar-refractivity contribution in [2.24, 2.45) is 5.92 Å². The fourth-order valence-electron chi connectivity index (χ4n) is 2.93. The van der Waals surface area contributed by atoms with E-state index in [-0.39, 0.29) is 0 Å². The van der Waals surface area contributed by atoms with E-state index < -0.39 is 5.60 Å². The highest BCUT2D eigenvalue weighted by molar-refractivity contribution is 5.39. The molecule has 3 N–H and O–H groups in total. The normalized spacial score (nSPS) is 29.2. The van der Waals surface area contributed by atoms with Crippen molar-refractivity contribution in [3.05, 3.63) is 23.9 Å². The Morgan fingerprint density at radius 1 is 1.59 bits per heavy atom. The van der Waals surface area contributed by atoms with Crippen LogP contribution in [-0.2, 0) is 6.42 Å². The Hall–Kier alpha value is -1.09. The van der Waals surface area contributed by atoms with Crippen molar-refractivity contribution in [3.8, 4) is 0 Å². The Morgan fingerprint density at radius 2 is 2.41 bits per heavy atom. The van der Waals surface area contributed by atoms with Crippen LogP contribution in [0.3, 0.4) is 0 Å². The number of hydrogen-bond acceptors (Lipinski definition) is 3. The fourth-order valence-corrected chi connectivity index (χ4v) is 2.93. The first-order valence-electron chi connectivity index (χ1n) is 6.55. The van der Waals surface area contributed by atoms with Crippen LogP contribution >= 0.6 is 0 Å². The number of pyridine rings is 1. The largest absolute Gasteiger partial charge is 0.390 e. The molecule has 1 aromatic rings. The molecule has 0 aliphatic heterocycles. The number of nitrogens with zero attached hydrogens (tertiary/aromatic N) is 1. The van der Waals surface area contributed by atoms with E-state index in [2.05, 4.69) is 11.9 Å². The molecule has 2 unspecified atom stereocenters. The third kappa shape index (κ3) is 2.97. The molecule has 1 aliphatic carbocycles. The van der Waals surface area contributed by atoms with E-state index in [4.69, 9.17) is 5.73 Å². The number of anilines is 1. The minimum absolute atomic E-state index is 0.555. The van der Waals surface area contributed by atoms with Gasteiger partial charge < -0.3 is 10.8 Å². The average molecular weight is 234 g/mol. The maximum absolute atomic E-state index is 10.7. The van der Waals surface area contributed by atoms with Crippen molar-refractivity contribution in [1.29, 1.82) is 0 Å². The number of hydrogen-bond donors (Lipinski definition) is 2. The first-order valence-corrected chi connectivity index (χ1v) is 6.55. The van der Waals surface area contributed by atoms with Crippen molar-refractivity contribution < 1.29 is 5.11 Å². The summed E-state index contributed by atoms with van der Waals surface area (Å²) in [6, 6.07) is 3.85. The van der Waals surface area contributed by atoms with Gasteiger partial charge in [-0.05, 0) is 30.4 Å². The molecule has 0 amide bonds. The van der Waals surface area contributed by atoms with Crippen molar-refractivity contribution in [1.82, 2.24) is 4.98 Å². The zero-order chi connectivity index (χ0) is 12.3. The summed E-state index contributed by atoms with van der Waals surface area (Å²) < 4.78 is 0. The molecule has 94 valence electrons. The molecule has 2 atom stereocenters. The molecule has 1 saturated carbocycles. The van der Waals surface area contributed by atoms with Crippen molar-refractivity contribution >= 4 is 5.82 Å². The van der Waals surface area contributed by atoms with E-state index in [1.165, 1.54) is 6.42 Å². The highest BCUT2D eigenvalue weighted by atomic mass is 16.3. The molecule has 0 radical (unpaired) electrons. The third-order valence-electron chi connectivity index (χ3n) is 3.95. The lowest BCUT2D eigenvalue weighted by Gasteiger charge is -2.36. The molecule has 1 aliphatic rings. The summed E-state index contributed by atoms with van der Waals surface area (Å²) >= 11 is 0. The molecule has 0 aromatic carbocycles. The van der Waals surface area contributed by atoms with Crippen molar-refractivity contribution in [3.63, 3.8) is 0 Å². The van der Waals surface area contributed by atoms with E-state index in [1.807, 2.05) is 12.1 Å². The topological polar surface area (TPSA) is 59.1 Å². The summed E-state index contributed by atoms with van der Waals surface area (Å²) in [5.74, 6) is 1.21. The molecule has 0 spiro atoms. The van der Waals surface area contributed by atoms with E-state index >= 15 is 0 Å². The van der Waals surface area contributed by atoms with E-state index in [0.29, 0.717) is 18.2 Å². The third-order valence-corrected chi connectivity index (χ3v) is 3.95. The van der Waals surface area contributed by atoms with Gasteiger partial charge in [0.05, 0.1) is 5.60 Å². The van der Waals surface area contributed by atoms with E-state index in [9.17, 15) is 5.11 Å². The highest BCUT2D eigenvalue weighted by Gasteiger charge is 2.34. The van der Waals surface area contributed by atoms with Gasteiger partial charge in [0.25, 0.3) is 0 Å². The lowest BCUT2D eigenvalue weighted by atomic mass is 9.74. The van der Waals surface area contributed by atoms with Crippen LogP contribution in [0, 0.1) is 5.92 Å². The fraction of sp³-hybridized carbons (Fsp3) is 0.643. The van der Waals surface area contributed by atoms with E-state index in [1.54, 1.807) is 6.20 Å². The molecule has 17 heavy (non-hydrogen) atoms. The molecule has 3 nitrogen and oxygen atoms in total. The molecule has 0 saturated heterocycles. The van der Waals surface area contributed by atoms with Crippen LogP contribution in [0.1, 0.15) is 44.6 Å². The van der Waals surface area contributed by atoms with Crippen molar-refractivity contribution in [2.45, 2.75) is 51.0 Å². The summed E-state index contributed by atoms with van der Waals surface area (Å²) in [4.78, 5) is 4.08. The van der Waals surface area contributed by atoms with Gasteiger partial charge in [-0.1, -0.05) is 32.3 Å². The minimum Gasteiger partial charge on any atom is -0.390 e. The predicted molar refractivity (Wildman–Crippen MR) is 69.6 cm³/mol. The van der Waals surface area contributed by atoms with Gasteiger partial charge in [-0.2, -0.15) is 0 Å². The van der Waals surface area contributed by atoms with Crippen LogP contribution in [-0.4, -0.2) is 15.7 Å². The van der Waals surface area contributed by atoms with Crippen LogP contribution in [0.2, 0.25) is 0 Å². The molecule has 0 bridgehead atoms. The van der Waals surface area contributed by atoms with Gasteiger partial charge in [-0.15, -0.1) is 0 Å². The van der Waals surface area contributed by atoms with Crippen LogP contribution in [0.15, 0.2) is 18.3 Å². The monoisotopic (exact) mass is 234 g/mol. The number of aromatic nitrogens is 1. The predicted octanol–water partition coefficient (Wildman–Crippen LogP) is 2.54. The summed E-state index contributed by atoms with van der Waals surface area (Å²) in [5, 5.41) is 10.7. The Bertz CT molecular complexity index is 380. The van der Waals surface area contributed by atoms with Gasteiger partial charge >= 0.3 is 0 Å². The van der Waals surface area contributed by atoms with Gasteiger partial charge in [0, 0.05) is 12.6 Å². The number of nitrogen functional groups attached to an aromatic ring is 1. The highest BCUT2D eigenvalue weighted by Crippen LogP contribution is 2.36. The number of nitrogens with two attached hydrogens (primary N) is 1. The lowest BCUT2D eigenvalue weighted by Crippen LogP contribution is -2.37. The summed E-state index contributed by atoms with van der Waals surface area (Å²) in [6.07, 6.45) is 7.65. The van der Waals surface area contributed by atoms with Crippen molar-refractivity contribution in [2.75, 3.05) is 5.73 Å². The molecule has 2 rings (SSSR count). The van der Waals surface area contributed by atoms with E-state index in [0.717, 1.165) is 31.2 Å². The molecule has 1 heterocycles. The first kappa shape index (κ1) is 12.4. The quantitative estimate of drug-likeness (QED) is 0.845. The second kappa shape index (κ2) is 5.05. The molecular formula is C14H22N2O. The average Bonchev–Trinajstić information content (AvgIpc) is 2.32. The summed E-state index contributed by atoms with van der Waals surface area (Å²) in [5.41, 5.74) is 6.25. The Labute approximate surface area is 103 Å².